The van der Waals surface area contributed by atoms with Gasteiger partial charge in [-0.1, -0.05) is 19.4 Å². The van der Waals surface area contributed by atoms with Crippen molar-refractivity contribution in [1.82, 2.24) is 4.90 Å². The summed E-state index contributed by atoms with van der Waals surface area (Å²) in [5.74, 6) is -0.0863. The monoisotopic (exact) mass is 259 g/mol. The average molecular weight is 260 g/mol. The predicted octanol–water partition coefficient (Wildman–Crippen LogP) is 2.79. The van der Waals surface area contributed by atoms with E-state index >= 15 is 0 Å². The zero-order valence-corrected chi connectivity index (χ0v) is 11.3. The van der Waals surface area contributed by atoms with Crippen LogP contribution in [0.15, 0.2) is 18.2 Å². The van der Waals surface area contributed by atoms with Gasteiger partial charge in [0.05, 0.1) is 0 Å². The van der Waals surface area contributed by atoms with Crippen LogP contribution >= 0.6 is 12.4 Å². The van der Waals surface area contributed by atoms with Crippen molar-refractivity contribution in [2.24, 2.45) is 0 Å². The molecule has 0 fully saturated rings. The number of unbranched alkanes of at least 4 members (excludes halogenated alkanes) is 1. The van der Waals surface area contributed by atoms with E-state index in [0.717, 1.165) is 25.1 Å². The van der Waals surface area contributed by atoms with Crippen LogP contribution in [0.2, 0.25) is 0 Å². The van der Waals surface area contributed by atoms with E-state index in [-0.39, 0.29) is 23.9 Å². The van der Waals surface area contributed by atoms with E-state index < -0.39 is 0 Å². The van der Waals surface area contributed by atoms with Gasteiger partial charge in [-0.05, 0) is 44.1 Å². The summed E-state index contributed by atoms with van der Waals surface area (Å²) in [7, 11) is 2.11. The molecule has 0 saturated heterocycles. The lowest BCUT2D eigenvalue weighted by atomic mass is 10.1. The summed E-state index contributed by atoms with van der Waals surface area (Å²) in [6, 6.07) is 5.02. The smallest absolute Gasteiger partial charge is 0.157 e. The molecule has 98 valence electrons. The molecule has 0 unspecified atom stereocenters. The minimum Gasteiger partial charge on any atom is -0.504 e. The third-order valence-electron chi connectivity index (χ3n) is 2.72. The topological polar surface area (TPSA) is 43.7 Å². The fraction of sp³-hybridized carbons (Fsp3) is 0.538. The van der Waals surface area contributed by atoms with Crippen molar-refractivity contribution >= 4 is 12.4 Å². The van der Waals surface area contributed by atoms with Gasteiger partial charge in [0, 0.05) is 6.54 Å². The summed E-state index contributed by atoms with van der Waals surface area (Å²) < 4.78 is 0. The van der Waals surface area contributed by atoms with Gasteiger partial charge in [0.1, 0.15) is 0 Å². The van der Waals surface area contributed by atoms with Gasteiger partial charge in [-0.25, -0.2) is 0 Å². The first-order valence-electron chi connectivity index (χ1n) is 5.83. The summed E-state index contributed by atoms with van der Waals surface area (Å²) in [5, 5.41) is 18.5. The number of nitrogens with zero attached hydrogens (tertiary/aromatic N) is 1. The van der Waals surface area contributed by atoms with Gasteiger partial charge in [0.15, 0.2) is 11.5 Å². The Morgan fingerprint density at radius 2 is 1.82 bits per heavy atom. The first-order chi connectivity index (χ1) is 7.63. The maximum absolute atomic E-state index is 9.34. The summed E-state index contributed by atoms with van der Waals surface area (Å²) in [6.07, 6.45) is 3.33. The van der Waals surface area contributed by atoms with Crippen LogP contribution < -0.4 is 0 Å². The summed E-state index contributed by atoms with van der Waals surface area (Å²) in [6.45, 7) is 4.27. The van der Waals surface area contributed by atoms with Gasteiger partial charge in [-0.2, -0.15) is 0 Å². The number of halogens is 1. The number of aromatic hydroxyl groups is 2. The van der Waals surface area contributed by atoms with Crippen molar-refractivity contribution in [2.45, 2.75) is 26.2 Å². The second-order valence-corrected chi connectivity index (χ2v) is 4.23. The highest BCUT2D eigenvalue weighted by atomic mass is 35.5. The fourth-order valence-electron chi connectivity index (χ4n) is 1.58. The van der Waals surface area contributed by atoms with Gasteiger partial charge in [0.25, 0.3) is 0 Å². The molecule has 0 aromatic heterocycles. The molecular formula is C13H22ClNO2. The lowest BCUT2D eigenvalue weighted by Gasteiger charge is -2.15. The summed E-state index contributed by atoms with van der Waals surface area (Å²) in [4.78, 5) is 2.29. The van der Waals surface area contributed by atoms with Crippen LogP contribution in [0.3, 0.4) is 0 Å². The minimum atomic E-state index is -0.0527. The zero-order valence-electron chi connectivity index (χ0n) is 10.5. The Hall–Kier alpha value is -0.930. The van der Waals surface area contributed by atoms with Crippen LogP contribution in [-0.2, 0) is 6.42 Å². The van der Waals surface area contributed by atoms with E-state index in [0.29, 0.717) is 0 Å². The average Bonchev–Trinajstić information content (AvgIpc) is 2.28. The largest absolute Gasteiger partial charge is 0.504 e. The highest BCUT2D eigenvalue weighted by Crippen LogP contribution is 2.24. The minimum absolute atomic E-state index is 0. The number of hydrogen-bond donors (Lipinski definition) is 2. The Morgan fingerprint density at radius 1 is 1.12 bits per heavy atom. The van der Waals surface area contributed by atoms with Gasteiger partial charge in [0.2, 0.25) is 0 Å². The lowest BCUT2D eigenvalue weighted by Crippen LogP contribution is -2.22. The molecule has 0 amide bonds. The maximum atomic E-state index is 9.34. The molecule has 0 aliphatic carbocycles. The second kappa shape index (κ2) is 8.20. The highest BCUT2D eigenvalue weighted by molar-refractivity contribution is 5.85. The molecule has 1 aromatic carbocycles. The molecule has 4 heteroatoms. The van der Waals surface area contributed by atoms with E-state index in [2.05, 4.69) is 18.9 Å². The normalized spacial score (nSPS) is 10.3. The first kappa shape index (κ1) is 16.1. The molecule has 2 N–H and O–H groups in total. The number of rotatable bonds is 6. The second-order valence-electron chi connectivity index (χ2n) is 4.23. The lowest BCUT2D eigenvalue weighted by molar-refractivity contribution is 0.332. The number of phenolic OH excluding ortho intramolecular Hbond substituents is 2. The van der Waals surface area contributed by atoms with Crippen molar-refractivity contribution in [3.05, 3.63) is 23.8 Å². The van der Waals surface area contributed by atoms with Crippen molar-refractivity contribution in [2.75, 3.05) is 20.1 Å². The molecule has 0 aliphatic rings. The Morgan fingerprint density at radius 3 is 2.41 bits per heavy atom. The number of likely N-dealkylation sites (N-methyl/N-ethyl adjacent to an activating group) is 1. The Balaban J connectivity index is 0.00000256. The van der Waals surface area contributed by atoms with Crippen LogP contribution in [0.25, 0.3) is 0 Å². The van der Waals surface area contributed by atoms with Crippen molar-refractivity contribution < 1.29 is 10.2 Å². The van der Waals surface area contributed by atoms with E-state index in [9.17, 15) is 10.2 Å². The van der Waals surface area contributed by atoms with Crippen molar-refractivity contribution in [3.63, 3.8) is 0 Å². The molecule has 3 nitrogen and oxygen atoms in total. The summed E-state index contributed by atoms with van der Waals surface area (Å²) >= 11 is 0. The Labute approximate surface area is 109 Å². The quantitative estimate of drug-likeness (QED) is 0.772. The third-order valence-corrected chi connectivity index (χ3v) is 2.72. The van der Waals surface area contributed by atoms with Gasteiger partial charge < -0.3 is 15.1 Å². The van der Waals surface area contributed by atoms with E-state index in [1.807, 2.05) is 6.07 Å². The zero-order chi connectivity index (χ0) is 12.0. The molecule has 0 aliphatic heterocycles. The molecule has 0 bridgehead atoms. The number of benzene rings is 1. The van der Waals surface area contributed by atoms with Gasteiger partial charge >= 0.3 is 0 Å². The molecule has 0 atom stereocenters. The molecule has 1 aromatic rings. The first-order valence-corrected chi connectivity index (χ1v) is 5.83. The fourth-order valence-corrected chi connectivity index (χ4v) is 1.58. The number of hydrogen-bond acceptors (Lipinski definition) is 3. The molecule has 0 radical (unpaired) electrons. The third kappa shape index (κ3) is 5.80. The Bertz CT molecular complexity index is 331. The van der Waals surface area contributed by atoms with Crippen molar-refractivity contribution in [1.29, 1.82) is 0 Å². The summed E-state index contributed by atoms with van der Waals surface area (Å²) in [5.41, 5.74) is 1.05. The molecular weight excluding hydrogens is 238 g/mol. The van der Waals surface area contributed by atoms with Crippen LogP contribution in [0.4, 0.5) is 0 Å². The van der Waals surface area contributed by atoms with E-state index in [1.165, 1.54) is 18.9 Å². The van der Waals surface area contributed by atoms with Crippen molar-refractivity contribution in [3.8, 4) is 11.5 Å². The van der Waals surface area contributed by atoms with Gasteiger partial charge in [-0.3, -0.25) is 0 Å². The molecule has 1 rings (SSSR count). The SMILES string of the molecule is CCCCN(C)CCc1ccc(O)c(O)c1.Cl. The van der Waals surface area contributed by atoms with Crippen LogP contribution in [0, 0.1) is 0 Å². The highest BCUT2D eigenvalue weighted by Gasteiger charge is 2.02. The Kier molecular flexibility index (Phi) is 7.75. The molecule has 17 heavy (non-hydrogen) atoms. The number of phenols is 2. The molecule has 0 saturated carbocycles. The predicted molar refractivity (Wildman–Crippen MR) is 73.1 cm³/mol. The maximum Gasteiger partial charge on any atom is 0.157 e. The van der Waals surface area contributed by atoms with Crippen LogP contribution in [-0.4, -0.2) is 35.3 Å². The van der Waals surface area contributed by atoms with E-state index in [1.54, 1.807) is 6.07 Å². The molecule has 0 spiro atoms. The van der Waals surface area contributed by atoms with Crippen LogP contribution in [0.5, 0.6) is 11.5 Å². The van der Waals surface area contributed by atoms with Gasteiger partial charge in [-0.15, -0.1) is 12.4 Å². The van der Waals surface area contributed by atoms with Crippen LogP contribution in [0.1, 0.15) is 25.3 Å². The molecule has 0 heterocycles. The van der Waals surface area contributed by atoms with E-state index in [4.69, 9.17) is 0 Å². The standard InChI is InChI=1S/C13H21NO2.ClH/c1-3-4-8-14(2)9-7-11-5-6-12(15)13(16)10-11;/h5-6,10,15-16H,3-4,7-9H2,1-2H3;1H.